The van der Waals surface area contributed by atoms with Crippen molar-refractivity contribution in [1.82, 2.24) is 5.32 Å². The molecule has 0 amide bonds. The van der Waals surface area contributed by atoms with E-state index in [0.717, 1.165) is 19.6 Å². The van der Waals surface area contributed by atoms with E-state index in [9.17, 15) is 4.79 Å². The minimum Gasteiger partial charge on any atom is -0.478 e. The van der Waals surface area contributed by atoms with Crippen molar-refractivity contribution in [3.8, 4) is 0 Å². The minimum atomic E-state index is -0.879. The molecule has 0 aliphatic carbocycles. The third-order valence-corrected chi connectivity index (χ3v) is 1.80. The molecule has 0 fully saturated rings. The summed E-state index contributed by atoms with van der Waals surface area (Å²) >= 11 is 0. The van der Waals surface area contributed by atoms with Crippen molar-refractivity contribution in [3.05, 3.63) is 35.9 Å². The molecule has 0 spiro atoms. The molecule has 0 atom stereocenters. The molecule has 1 aromatic rings. The number of nitrogens with one attached hydrogen (secondary N) is 1. The third-order valence-electron chi connectivity index (χ3n) is 1.80. The van der Waals surface area contributed by atoms with Crippen LogP contribution in [0.5, 0.6) is 0 Å². The van der Waals surface area contributed by atoms with Crippen LogP contribution >= 0.6 is 0 Å². The zero-order valence-corrected chi connectivity index (χ0v) is 8.39. The Bertz CT molecular complexity index is 315. The molecule has 0 radical (unpaired) electrons. The van der Waals surface area contributed by atoms with Crippen LogP contribution in [0.3, 0.4) is 0 Å². The third kappa shape index (κ3) is 4.93. The highest BCUT2D eigenvalue weighted by Crippen LogP contribution is 1.96. The maximum atomic E-state index is 10.2. The number of rotatable bonds is 1. The largest absolute Gasteiger partial charge is 0.478 e. The maximum absolute atomic E-state index is 10.2. The van der Waals surface area contributed by atoms with Gasteiger partial charge in [0.05, 0.1) is 12.2 Å². The predicted molar refractivity (Wildman–Crippen MR) is 59.4 cm³/mol. The van der Waals surface area contributed by atoms with Crippen molar-refractivity contribution < 1.29 is 9.90 Å². The van der Waals surface area contributed by atoms with E-state index in [1.165, 1.54) is 0 Å². The Hall–Kier alpha value is -1.68. The van der Waals surface area contributed by atoms with E-state index < -0.39 is 5.97 Å². The van der Waals surface area contributed by atoms with Gasteiger partial charge in [-0.2, -0.15) is 0 Å². The summed E-state index contributed by atoms with van der Waals surface area (Å²) in [4.78, 5) is 14.1. The highest BCUT2D eigenvalue weighted by atomic mass is 16.4. The van der Waals surface area contributed by atoms with Crippen molar-refractivity contribution in [2.75, 3.05) is 13.2 Å². The number of aliphatic imine (C=N–C) groups is 1. The number of hydrogen-bond donors (Lipinski definition) is 2. The van der Waals surface area contributed by atoms with E-state index in [1.807, 2.05) is 6.21 Å². The van der Waals surface area contributed by atoms with Gasteiger partial charge < -0.3 is 5.11 Å². The summed E-state index contributed by atoms with van der Waals surface area (Å²) < 4.78 is 0. The first-order valence-electron chi connectivity index (χ1n) is 4.78. The molecule has 0 saturated carbocycles. The van der Waals surface area contributed by atoms with Gasteiger partial charge in [-0.1, -0.05) is 18.2 Å². The average Bonchev–Trinajstić information content (AvgIpc) is 2.33. The topological polar surface area (TPSA) is 61.7 Å². The molecule has 15 heavy (non-hydrogen) atoms. The van der Waals surface area contributed by atoms with Gasteiger partial charge in [0.1, 0.15) is 0 Å². The second kappa shape index (κ2) is 6.73. The summed E-state index contributed by atoms with van der Waals surface area (Å²) in [7, 11) is 0. The zero-order chi connectivity index (χ0) is 10.9. The minimum absolute atomic E-state index is 0.331. The lowest BCUT2D eigenvalue weighted by Crippen LogP contribution is -2.19. The van der Waals surface area contributed by atoms with Crippen molar-refractivity contribution in [2.45, 2.75) is 6.42 Å². The van der Waals surface area contributed by atoms with Gasteiger partial charge in [0, 0.05) is 12.8 Å². The van der Waals surface area contributed by atoms with Gasteiger partial charge in [-0.3, -0.25) is 10.3 Å². The number of nitrogens with zero attached hydrogens (tertiary/aromatic N) is 1. The molecule has 1 aliphatic rings. The number of aromatic carboxylic acids is 1. The summed E-state index contributed by atoms with van der Waals surface area (Å²) in [6, 6.07) is 8.30. The van der Waals surface area contributed by atoms with Gasteiger partial charge in [-0.15, -0.1) is 0 Å². The summed E-state index contributed by atoms with van der Waals surface area (Å²) in [6.45, 7) is 1.92. The number of carbonyl (C=O) groups is 1. The number of hydrogen-bond acceptors (Lipinski definition) is 3. The van der Waals surface area contributed by atoms with Crippen LogP contribution in [-0.2, 0) is 0 Å². The highest BCUT2D eigenvalue weighted by molar-refractivity contribution is 5.87. The number of carboxylic acids is 1. The first-order valence-corrected chi connectivity index (χ1v) is 4.78. The Morgan fingerprint density at radius 2 is 2.07 bits per heavy atom. The van der Waals surface area contributed by atoms with Crippen LogP contribution in [-0.4, -0.2) is 30.5 Å². The van der Waals surface area contributed by atoms with E-state index in [1.54, 1.807) is 30.3 Å². The molecule has 0 bridgehead atoms. The SMILES string of the molecule is C1=NCNCC1.O=C(O)c1ccccc1. The molecule has 0 aromatic heterocycles. The van der Waals surface area contributed by atoms with Crippen LogP contribution in [0.1, 0.15) is 16.8 Å². The van der Waals surface area contributed by atoms with E-state index in [0.29, 0.717) is 5.56 Å². The van der Waals surface area contributed by atoms with Crippen LogP contribution in [0.25, 0.3) is 0 Å². The second-order valence-corrected chi connectivity index (χ2v) is 2.98. The lowest BCUT2D eigenvalue weighted by molar-refractivity contribution is 0.0697. The van der Waals surface area contributed by atoms with Crippen LogP contribution in [0.2, 0.25) is 0 Å². The Kier molecular flexibility index (Phi) is 5.11. The van der Waals surface area contributed by atoms with Crippen molar-refractivity contribution in [3.63, 3.8) is 0 Å². The monoisotopic (exact) mass is 206 g/mol. The van der Waals surface area contributed by atoms with E-state index in [4.69, 9.17) is 5.11 Å². The van der Waals surface area contributed by atoms with Crippen molar-refractivity contribution in [2.24, 2.45) is 4.99 Å². The van der Waals surface area contributed by atoms with Crippen LogP contribution in [0.4, 0.5) is 0 Å². The van der Waals surface area contributed by atoms with Gasteiger partial charge in [0.2, 0.25) is 0 Å². The summed E-state index contributed by atoms with van der Waals surface area (Å²) in [5.74, 6) is -0.879. The molecule has 4 nitrogen and oxygen atoms in total. The molecule has 1 aromatic carbocycles. The average molecular weight is 206 g/mol. The number of benzene rings is 1. The van der Waals surface area contributed by atoms with Gasteiger partial charge in [-0.05, 0) is 18.6 Å². The lowest BCUT2D eigenvalue weighted by atomic mass is 10.2. The molecule has 1 heterocycles. The van der Waals surface area contributed by atoms with E-state index >= 15 is 0 Å². The van der Waals surface area contributed by atoms with E-state index in [-0.39, 0.29) is 0 Å². The first-order chi connectivity index (χ1) is 7.30. The number of carboxylic acid groups (broad SMARTS) is 1. The molecular weight excluding hydrogens is 192 g/mol. The smallest absolute Gasteiger partial charge is 0.335 e. The van der Waals surface area contributed by atoms with Crippen LogP contribution < -0.4 is 5.32 Å². The Balaban J connectivity index is 0.000000162. The summed E-state index contributed by atoms with van der Waals surface area (Å²) in [6.07, 6.45) is 3.05. The molecule has 80 valence electrons. The van der Waals surface area contributed by atoms with Crippen molar-refractivity contribution in [1.29, 1.82) is 0 Å². The fourth-order valence-corrected chi connectivity index (χ4v) is 1.05. The second-order valence-electron chi connectivity index (χ2n) is 2.98. The fourth-order valence-electron chi connectivity index (χ4n) is 1.05. The van der Waals surface area contributed by atoms with Crippen LogP contribution in [0.15, 0.2) is 35.3 Å². The quantitative estimate of drug-likeness (QED) is 0.730. The predicted octanol–water partition coefficient (Wildman–Crippen LogP) is 1.39. The van der Waals surface area contributed by atoms with Crippen molar-refractivity contribution >= 4 is 12.2 Å². The molecule has 0 unspecified atom stereocenters. The Morgan fingerprint density at radius 1 is 1.33 bits per heavy atom. The van der Waals surface area contributed by atoms with Crippen LogP contribution in [0, 0.1) is 0 Å². The van der Waals surface area contributed by atoms with E-state index in [2.05, 4.69) is 10.3 Å². The first kappa shape index (κ1) is 11.4. The maximum Gasteiger partial charge on any atom is 0.335 e. The summed E-state index contributed by atoms with van der Waals surface area (Å²) in [5, 5.41) is 11.5. The molecule has 2 rings (SSSR count). The molecule has 4 heteroatoms. The highest BCUT2D eigenvalue weighted by Gasteiger charge is 1.96. The van der Waals surface area contributed by atoms with Gasteiger partial charge in [-0.25, -0.2) is 4.79 Å². The molecule has 2 N–H and O–H groups in total. The Morgan fingerprint density at radius 3 is 2.33 bits per heavy atom. The normalized spacial score (nSPS) is 13.9. The van der Waals surface area contributed by atoms with Gasteiger partial charge >= 0.3 is 5.97 Å². The van der Waals surface area contributed by atoms with Gasteiger partial charge in [0.25, 0.3) is 0 Å². The summed E-state index contributed by atoms with van der Waals surface area (Å²) in [5.41, 5.74) is 0.331. The molecular formula is C11H14N2O2. The zero-order valence-electron chi connectivity index (χ0n) is 8.39. The lowest BCUT2D eigenvalue weighted by Gasteiger charge is -2.01. The Labute approximate surface area is 88.7 Å². The molecule has 1 aliphatic heterocycles. The van der Waals surface area contributed by atoms with Gasteiger partial charge in [0.15, 0.2) is 0 Å². The fraction of sp³-hybridized carbons (Fsp3) is 0.273. The standard InChI is InChI=1S/C7H6O2.C4H8N2/c8-7(9)6-4-2-1-3-5-6;1-2-5-4-6-3-1/h1-5H,(H,8,9);2,6H,1,3-4H2. The molecule has 0 saturated heterocycles.